The largest absolute Gasteiger partial charge is 0.481 e. The fraction of sp³-hybridized carbons (Fsp3) is 0.571. The topological polar surface area (TPSA) is 68.7 Å². The first-order valence-corrected chi connectivity index (χ1v) is 7.71. The molecule has 5 nitrogen and oxygen atoms in total. The van der Waals surface area contributed by atoms with Crippen molar-refractivity contribution in [3.05, 3.63) is 28.2 Å². The highest BCUT2D eigenvalue weighted by atomic mass is 79.9. The first-order valence-electron chi connectivity index (χ1n) is 6.92. The number of rotatable bonds is 4. The maximum absolute atomic E-state index is 14.1. The van der Waals surface area contributed by atoms with Gasteiger partial charge in [0.05, 0.1) is 17.6 Å². The summed E-state index contributed by atoms with van der Waals surface area (Å²) in [4.78, 5) is 14.8. The van der Waals surface area contributed by atoms with Crippen molar-refractivity contribution < 1.29 is 23.6 Å². The average molecular weight is 374 g/mol. The first kappa shape index (κ1) is 17.4. The van der Waals surface area contributed by atoms with E-state index < -0.39 is 36.1 Å². The van der Waals surface area contributed by atoms with Crippen LogP contribution < -0.4 is 0 Å². The number of hydrogen-bond donors (Lipinski definition) is 1. The van der Waals surface area contributed by atoms with Crippen LogP contribution in [0.5, 0.6) is 0 Å². The van der Waals surface area contributed by atoms with E-state index in [4.69, 9.17) is 14.4 Å². The fourth-order valence-corrected chi connectivity index (χ4v) is 2.64. The number of carbonyl (C=O) groups is 1. The molecule has 1 aromatic heterocycles. The number of nitrogens with zero attached hydrogens (tertiary/aromatic N) is 1. The van der Waals surface area contributed by atoms with Crippen LogP contribution in [0.3, 0.4) is 0 Å². The number of halogens is 2. The third kappa shape index (κ3) is 3.34. The van der Waals surface area contributed by atoms with Crippen molar-refractivity contribution in [2.24, 2.45) is 0 Å². The maximum Gasteiger partial charge on any atom is 0.466 e. The molecule has 8 heteroatoms. The molecule has 0 amide bonds. The van der Waals surface area contributed by atoms with E-state index >= 15 is 0 Å². The molecule has 120 valence electrons. The van der Waals surface area contributed by atoms with Crippen LogP contribution in [0.25, 0.3) is 0 Å². The summed E-state index contributed by atoms with van der Waals surface area (Å²) >= 11 is 3.23. The molecular formula is C14H18BBrFNO4. The number of pyridine rings is 1. The minimum Gasteiger partial charge on any atom is -0.481 e. The van der Waals surface area contributed by atoms with Gasteiger partial charge in [0.25, 0.3) is 0 Å². The lowest BCUT2D eigenvalue weighted by atomic mass is 9.66. The van der Waals surface area contributed by atoms with Crippen molar-refractivity contribution >= 4 is 29.0 Å². The lowest BCUT2D eigenvalue weighted by Crippen LogP contribution is -2.41. The normalized spacial score (nSPS) is 20.9. The van der Waals surface area contributed by atoms with Gasteiger partial charge in [-0.25, -0.2) is 4.98 Å². The molecule has 0 radical (unpaired) electrons. The average Bonchev–Trinajstić information content (AvgIpc) is 2.58. The Labute approximate surface area is 137 Å². The summed E-state index contributed by atoms with van der Waals surface area (Å²) in [6, 6.07) is 1.51. The predicted molar refractivity (Wildman–Crippen MR) is 83.0 cm³/mol. The van der Waals surface area contributed by atoms with E-state index in [-0.39, 0.29) is 12.0 Å². The van der Waals surface area contributed by atoms with Crippen LogP contribution in [0.1, 0.15) is 45.5 Å². The quantitative estimate of drug-likeness (QED) is 0.648. The Bertz CT molecular complexity index is 580. The van der Waals surface area contributed by atoms with Gasteiger partial charge in [0.1, 0.15) is 0 Å². The second-order valence-corrected chi connectivity index (χ2v) is 7.28. The van der Waals surface area contributed by atoms with Gasteiger partial charge in [0.15, 0.2) is 0 Å². The molecule has 0 spiro atoms. The summed E-state index contributed by atoms with van der Waals surface area (Å²) in [6.45, 7) is 7.45. The third-order valence-electron chi connectivity index (χ3n) is 4.23. The Kier molecular flexibility index (Phi) is 4.66. The van der Waals surface area contributed by atoms with E-state index in [2.05, 4.69) is 20.9 Å². The van der Waals surface area contributed by atoms with Gasteiger partial charge in [0, 0.05) is 22.1 Å². The minimum atomic E-state index is -1.06. The number of aromatic nitrogens is 1. The van der Waals surface area contributed by atoms with E-state index in [1.165, 1.54) is 12.3 Å². The van der Waals surface area contributed by atoms with Gasteiger partial charge in [0.2, 0.25) is 5.95 Å². The van der Waals surface area contributed by atoms with Crippen molar-refractivity contribution in [3.63, 3.8) is 0 Å². The van der Waals surface area contributed by atoms with E-state index in [0.29, 0.717) is 4.47 Å². The van der Waals surface area contributed by atoms with Crippen LogP contribution in [0.4, 0.5) is 4.39 Å². The molecule has 1 aromatic rings. The Hall–Kier alpha value is -0.985. The molecule has 1 fully saturated rings. The standard InChI is InChI=1S/C14H18BBrFNO4/c1-13(2)14(3,4)22-15(21-13)10(6-11(19)20)9-5-8(16)7-18-12(9)17/h5,7,10H,6H2,1-4H3,(H,19,20). The third-order valence-corrected chi connectivity index (χ3v) is 4.66. The van der Waals surface area contributed by atoms with E-state index in [1.54, 1.807) is 0 Å². The van der Waals surface area contributed by atoms with Crippen LogP contribution >= 0.6 is 15.9 Å². The molecule has 1 aliphatic heterocycles. The lowest BCUT2D eigenvalue weighted by molar-refractivity contribution is -0.137. The highest BCUT2D eigenvalue weighted by molar-refractivity contribution is 9.10. The lowest BCUT2D eigenvalue weighted by Gasteiger charge is -2.32. The van der Waals surface area contributed by atoms with Gasteiger partial charge >= 0.3 is 13.1 Å². The van der Waals surface area contributed by atoms with Crippen LogP contribution in [-0.2, 0) is 14.1 Å². The van der Waals surface area contributed by atoms with Crippen LogP contribution in [0, 0.1) is 5.95 Å². The fourth-order valence-electron chi connectivity index (χ4n) is 2.29. The summed E-state index contributed by atoms with van der Waals surface area (Å²) in [5.74, 6) is -2.56. The molecule has 1 unspecified atom stereocenters. The van der Waals surface area contributed by atoms with Crippen molar-refractivity contribution in [2.75, 3.05) is 0 Å². The second-order valence-electron chi connectivity index (χ2n) is 6.36. The molecule has 22 heavy (non-hydrogen) atoms. The summed E-state index contributed by atoms with van der Waals surface area (Å²) in [7, 11) is -0.855. The molecule has 1 saturated heterocycles. The number of hydrogen-bond acceptors (Lipinski definition) is 4. The van der Waals surface area contributed by atoms with Crippen molar-refractivity contribution in [2.45, 2.75) is 51.1 Å². The summed E-state index contributed by atoms with van der Waals surface area (Å²) in [5, 5.41) is 9.16. The Balaban J connectivity index is 2.40. The van der Waals surface area contributed by atoms with Crippen LogP contribution in [-0.4, -0.2) is 34.4 Å². The molecule has 0 bridgehead atoms. The predicted octanol–water partition coefficient (Wildman–Crippen LogP) is 3.17. The molecule has 0 saturated carbocycles. The molecular weight excluding hydrogens is 356 g/mol. The van der Waals surface area contributed by atoms with E-state index in [9.17, 15) is 9.18 Å². The Morgan fingerprint density at radius 3 is 2.45 bits per heavy atom. The number of carboxylic acids is 1. The Morgan fingerprint density at radius 1 is 1.41 bits per heavy atom. The van der Waals surface area contributed by atoms with Crippen LogP contribution in [0.15, 0.2) is 16.7 Å². The number of aliphatic carboxylic acids is 1. The van der Waals surface area contributed by atoms with E-state index in [1.807, 2.05) is 27.7 Å². The molecule has 0 aliphatic carbocycles. The van der Waals surface area contributed by atoms with Gasteiger partial charge in [-0.05, 0) is 49.7 Å². The molecule has 2 rings (SSSR count). The van der Waals surface area contributed by atoms with Gasteiger partial charge in [-0.15, -0.1) is 0 Å². The molecule has 0 aromatic carbocycles. The summed E-state index contributed by atoms with van der Waals surface area (Å²) < 4.78 is 26.4. The zero-order valence-electron chi connectivity index (χ0n) is 12.9. The highest BCUT2D eigenvalue weighted by Crippen LogP contribution is 2.42. The molecule has 2 heterocycles. The molecule has 1 atom stereocenters. The molecule has 1 N–H and O–H groups in total. The van der Waals surface area contributed by atoms with Gasteiger partial charge in [-0.1, -0.05) is 0 Å². The summed E-state index contributed by atoms with van der Waals surface area (Å²) in [5.41, 5.74) is -1.08. The smallest absolute Gasteiger partial charge is 0.466 e. The minimum absolute atomic E-state index is 0.162. The van der Waals surface area contributed by atoms with Gasteiger partial charge < -0.3 is 14.4 Å². The zero-order valence-corrected chi connectivity index (χ0v) is 14.5. The van der Waals surface area contributed by atoms with Gasteiger partial charge in [-0.2, -0.15) is 4.39 Å². The number of carboxylic acid groups (broad SMARTS) is 1. The maximum atomic E-state index is 14.1. The second kappa shape index (κ2) is 5.90. The van der Waals surface area contributed by atoms with Crippen molar-refractivity contribution in [3.8, 4) is 0 Å². The van der Waals surface area contributed by atoms with Gasteiger partial charge in [-0.3, -0.25) is 4.79 Å². The monoisotopic (exact) mass is 373 g/mol. The SMILES string of the molecule is CC1(C)OB(C(CC(=O)O)c2cc(Br)cnc2F)OC1(C)C. The zero-order chi connectivity index (χ0) is 16.7. The highest BCUT2D eigenvalue weighted by Gasteiger charge is 2.54. The molecule has 1 aliphatic rings. The van der Waals surface area contributed by atoms with Crippen molar-refractivity contribution in [1.82, 2.24) is 4.98 Å². The Morgan fingerprint density at radius 2 is 1.95 bits per heavy atom. The summed E-state index contributed by atoms with van der Waals surface area (Å²) in [6.07, 6.45) is 1.01. The first-order chi connectivity index (χ1) is 10.0. The van der Waals surface area contributed by atoms with E-state index in [0.717, 1.165) is 0 Å². The van der Waals surface area contributed by atoms with Crippen LogP contribution in [0.2, 0.25) is 0 Å². The van der Waals surface area contributed by atoms with Crippen molar-refractivity contribution in [1.29, 1.82) is 0 Å².